The van der Waals surface area contributed by atoms with E-state index in [1.54, 1.807) is 28.0 Å². The second-order valence-corrected chi connectivity index (χ2v) is 11.5. The normalized spacial score (nSPS) is 20.3. The first-order chi connectivity index (χ1) is 21.9. The van der Waals surface area contributed by atoms with E-state index in [4.69, 9.17) is 4.98 Å². The number of fused-ring (bicyclic) bond motifs is 2. The molecule has 3 amide bonds. The van der Waals surface area contributed by atoms with Crippen LogP contribution < -0.4 is 19.6 Å². The largest absolute Gasteiger partial charge is 0.416 e. The smallest absolute Gasteiger partial charge is 0.353 e. The third-order valence-electron chi connectivity index (χ3n) is 8.63. The fourth-order valence-corrected chi connectivity index (χ4v) is 6.40. The number of hydrogen-bond acceptors (Lipinski definition) is 7. The van der Waals surface area contributed by atoms with Crippen molar-refractivity contribution in [3.8, 4) is 0 Å². The Balaban J connectivity index is 1.40. The molecule has 2 fully saturated rings. The average molecular weight is 638 g/mol. The number of alkyl halides is 3. The van der Waals surface area contributed by atoms with Crippen molar-refractivity contribution in [3.05, 3.63) is 78.3 Å². The van der Waals surface area contributed by atoms with Crippen LogP contribution in [0.15, 0.2) is 61.2 Å². The Hall–Kier alpha value is -5.01. The van der Waals surface area contributed by atoms with Crippen LogP contribution in [0.2, 0.25) is 0 Å². The van der Waals surface area contributed by atoms with Gasteiger partial charge in [-0.05, 0) is 49.4 Å². The molecule has 2 atom stereocenters. The molecule has 46 heavy (non-hydrogen) atoms. The molecule has 10 nitrogen and oxygen atoms in total. The van der Waals surface area contributed by atoms with E-state index in [-0.39, 0.29) is 41.8 Å². The third-order valence-corrected chi connectivity index (χ3v) is 8.63. The number of aromatic nitrogens is 2. The number of amides is 3. The number of carbonyl (C=O) groups is 3. The number of likely N-dealkylation sites (N-methyl/N-ethyl adjacent to an activating group) is 1. The van der Waals surface area contributed by atoms with E-state index < -0.39 is 41.3 Å². The highest BCUT2D eigenvalue weighted by atomic mass is 19.4. The summed E-state index contributed by atoms with van der Waals surface area (Å²) in [5.41, 5.74) is -0.651. The lowest BCUT2D eigenvalue weighted by atomic mass is 9.95. The fourth-order valence-electron chi connectivity index (χ4n) is 6.40. The van der Waals surface area contributed by atoms with Gasteiger partial charge in [0.1, 0.15) is 35.0 Å². The van der Waals surface area contributed by atoms with Crippen molar-refractivity contribution < 1.29 is 31.9 Å². The van der Waals surface area contributed by atoms with E-state index >= 15 is 4.39 Å². The van der Waals surface area contributed by atoms with Gasteiger partial charge in [-0.1, -0.05) is 18.7 Å². The number of aryl methyl sites for hydroxylation is 1. The molecule has 0 aliphatic carbocycles. The van der Waals surface area contributed by atoms with E-state index in [1.807, 2.05) is 11.0 Å². The Morgan fingerprint density at radius 3 is 2.37 bits per heavy atom. The Bertz CT molecular complexity index is 1720. The monoisotopic (exact) mass is 637 g/mol. The number of para-hydroxylation sites is 1. The highest BCUT2D eigenvalue weighted by Gasteiger charge is 2.50. The molecule has 6 rings (SSSR count). The maximum absolute atomic E-state index is 15.7. The molecule has 0 bridgehead atoms. The number of carbonyl (C=O) groups excluding carboxylic acids is 3. The molecular weight excluding hydrogens is 606 g/mol. The van der Waals surface area contributed by atoms with Gasteiger partial charge in [-0.2, -0.15) is 13.2 Å². The van der Waals surface area contributed by atoms with Crippen LogP contribution in [0, 0.1) is 18.7 Å². The highest BCUT2D eigenvalue weighted by molar-refractivity contribution is 6.10. The van der Waals surface area contributed by atoms with Crippen molar-refractivity contribution in [2.45, 2.75) is 25.6 Å². The van der Waals surface area contributed by atoms with Crippen LogP contribution in [0.4, 0.5) is 46.4 Å². The number of pyridine rings is 2. The first-order valence-electron chi connectivity index (χ1n) is 14.7. The summed E-state index contributed by atoms with van der Waals surface area (Å²) in [7, 11) is 1.45. The van der Waals surface area contributed by atoms with Crippen molar-refractivity contribution in [2.24, 2.45) is 5.92 Å². The molecule has 3 aromatic rings. The van der Waals surface area contributed by atoms with Crippen molar-refractivity contribution in [1.29, 1.82) is 0 Å². The van der Waals surface area contributed by atoms with Gasteiger partial charge in [0, 0.05) is 57.8 Å². The fraction of sp³-hybridized carbons (Fsp3) is 0.344. The predicted octanol–water partition coefficient (Wildman–Crippen LogP) is 4.31. The molecule has 5 heterocycles. The molecule has 0 saturated carbocycles. The van der Waals surface area contributed by atoms with Gasteiger partial charge in [0.15, 0.2) is 0 Å². The Kier molecular flexibility index (Phi) is 7.90. The van der Waals surface area contributed by atoms with Gasteiger partial charge < -0.3 is 19.6 Å². The Morgan fingerprint density at radius 1 is 0.978 bits per heavy atom. The molecule has 3 aliphatic rings. The number of rotatable bonds is 4. The maximum Gasteiger partial charge on any atom is 0.416 e. The summed E-state index contributed by atoms with van der Waals surface area (Å²) in [6.45, 7) is 6.85. The van der Waals surface area contributed by atoms with E-state index in [9.17, 15) is 27.6 Å². The molecule has 0 N–H and O–H groups in total. The van der Waals surface area contributed by atoms with Crippen molar-refractivity contribution >= 4 is 46.5 Å². The summed E-state index contributed by atoms with van der Waals surface area (Å²) in [5.74, 6) is -1.98. The molecule has 14 heteroatoms. The number of benzene rings is 1. The van der Waals surface area contributed by atoms with Crippen LogP contribution in [-0.2, 0) is 20.6 Å². The van der Waals surface area contributed by atoms with Gasteiger partial charge in [-0.15, -0.1) is 0 Å². The lowest BCUT2D eigenvalue weighted by Gasteiger charge is -2.39. The number of piperazine rings is 1. The van der Waals surface area contributed by atoms with E-state index in [0.717, 1.165) is 17.0 Å². The minimum atomic E-state index is -4.69. The lowest BCUT2D eigenvalue weighted by Crippen LogP contribution is -2.52. The van der Waals surface area contributed by atoms with Crippen molar-refractivity contribution in [2.75, 3.05) is 59.4 Å². The Morgan fingerprint density at radius 2 is 1.67 bits per heavy atom. The topological polar surface area (TPSA) is 93.2 Å². The lowest BCUT2D eigenvalue weighted by molar-refractivity contribution is -0.137. The number of hydrogen-bond donors (Lipinski definition) is 0. The summed E-state index contributed by atoms with van der Waals surface area (Å²) < 4.78 is 56.9. The van der Waals surface area contributed by atoms with E-state index in [2.05, 4.69) is 11.6 Å². The standard InChI is InChI=1S/C32H31F4N7O3/c1-4-27(44)41-13-11-40(12-14-41)24-9-6-10-25(38-24)42-18-20-16-28(45)43(26-17-21(32(34,35)36)15-19(2)37-26)29(20)31(46)39(3)23-8-5-7-22(33)30(23)42/h4-10,15,17,20,29H,1,11-14,16,18H2,2-3H3/t20-,29+/m1/s1. The van der Waals surface area contributed by atoms with Crippen LogP contribution in [0.5, 0.6) is 0 Å². The zero-order valence-electron chi connectivity index (χ0n) is 25.2. The van der Waals surface area contributed by atoms with Crippen LogP contribution in [0.3, 0.4) is 0 Å². The second-order valence-electron chi connectivity index (χ2n) is 11.5. The molecule has 0 radical (unpaired) electrons. The van der Waals surface area contributed by atoms with Gasteiger partial charge in [-0.3, -0.25) is 19.3 Å². The number of halogens is 4. The van der Waals surface area contributed by atoms with Gasteiger partial charge >= 0.3 is 6.18 Å². The number of anilines is 5. The molecular formula is C32H31F4N7O3. The van der Waals surface area contributed by atoms with E-state index in [0.29, 0.717) is 37.8 Å². The minimum Gasteiger partial charge on any atom is -0.353 e. The minimum absolute atomic E-state index is 0.0313. The van der Waals surface area contributed by atoms with E-state index in [1.165, 1.54) is 37.1 Å². The second kappa shape index (κ2) is 11.7. The van der Waals surface area contributed by atoms with Crippen LogP contribution >= 0.6 is 0 Å². The van der Waals surface area contributed by atoms with Crippen LogP contribution in [0.25, 0.3) is 0 Å². The summed E-state index contributed by atoms with van der Waals surface area (Å²) in [6.07, 6.45) is -3.60. The molecule has 1 aromatic carbocycles. The average Bonchev–Trinajstić information content (AvgIpc) is 3.36. The summed E-state index contributed by atoms with van der Waals surface area (Å²) in [5, 5.41) is 0. The predicted molar refractivity (Wildman–Crippen MR) is 163 cm³/mol. The summed E-state index contributed by atoms with van der Waals surface area (Å²) in [6, 6.07) is 10.0. The molecule has 0 spiro atoms. The van der Waals surface area contributed by atoms with Crippen molar-refractivity contribution in [3.63, 3.8) is 0 Å². The Labute approximate surface area is 262 Å². The zero-order chi connectivity index (χ0) is 32.9. The van der Waals surface area contributed by atoms with Crippen molar-refractivity contribution in [1.82, 2.24) is 14.9 Å². The first-order valence-corrected chi connectivity index (χ1v) is 14.7. The summed E-state index contributed by atoms with van der Waals surface area (Å²) >= 11 is 0. The molecule has 240 valence electrons. The van der Waals surface area contributed by atoms with Gasteiger partial charge in [0.25, 0.3) is 0 Å². The third kappa shape index (κ3) is 5.52. The number of nitrogens with zero attached hydrogens (tertiary/aromatic N) is 7. The summed E-state index contributed by atoms with van der Waals surface area (Å²) in [4.78, 5) is 56.3. The zero-order valence-corrected chi connectivity index (χ0v) is 25.2. The first kappa shape index (κ1) is 31.0. The van der Waals surface area contributed by atoms with Crippen LogP contribution in [-0.4, -0.2) is 78.4 Å². The molecule has 0 unspecified atom stereocenters. The maximum atomic E-state index is 15.7. The molecule has 2 saturated heterocycles. The molecule has 3 aliphatic heterocycles. The van der Waals surface area contributed by atoms with Crippen LogP contribution in [0.1, 0.15) is 17.7 Å². The highest BCUT2D eigenvalue weighted by Crippen LogP contribution is 2.43. The molecule has 2 aromatic heterocycles. The van der Waals surface area contributed by atoms with Gasteiger partial charge in [0.05, 0.1) is 11.3 Å². The van der Waals surface area contributed by atoms with Gasteiger partial charge in [-0.25, -0.2) is 14.4 Å². The van der Waals surface area contributed by atoms with Gasteiger partial charge in [0.2, 0.25) is 17.7 Å². The SMILES string of the molecule is C=CC(=O)N1CCN(c2cccc(N3C[C@H]4CC(=O)N(c5cc(C(F)(F)F)cc(C)n5)[C@@H]4C(=O)N(C)c4cccc(F)c43)n2)CC1. The quantitative estimate of drug-likeness (QED) is 0.311.